The Labute approximate surface area is 76.3 Å². The lowest BCUT2D eigenvalue weighted by molar-refractivity contribution is 0.108. The summed E-state index contributed by atoms with van der Waals surface area (Å²) >= 11 is 5.02. The zero-order valence-electron chi connectivity index (χ0n) is 6.18. The molecule has 1 aromatic rings. The Bertz CT molecular complexity index is 388. The molecule has 70 valence electrons. The molecule has 0 atom stereocenters. The van der Waals surface area contributed by atoms with Crippen molar-refractivity contribution in [2.75, 3.05) is 0 Å². The number of hydrogen-bond acceptors (Lipinski definition) is 2. The van der Waals surface area contributed by atoms with Gasteiger partial charge in [-0.15, -0.1) is 0 Å². The lowest BCUT2D eigenvalue weighted by atomic mass is 10.2. The molecule has 0 aliphatic carbocycles. The number of alkyl halides is 2. The van der Waals surface area contributed by atoms with Crippen molar-refractivity contribution in [1.29, 1.82) is 0 Å². The van der Waals surface area contributed by atoms with Gasteiger partial charge in [0, 0.05) is 11.6 Å². The summed E-state index contributed by atoms with van der Waals surface area (Å²) in [5.41, 5.74) is -1.63. The van der Waals surface area contributed by atoms with E-state index in [9.17, 15) is 18.4 Å². The van der Waals surface area contributed by atoms with Crippen LogP contribution in [0.3, 0.4) is 0 Å². The van der Waals surface area contributed by atoms with Gasteiger partial charge in [-0.25, -0.2) is 8.78 Å². The first kappa shape index (κ1) is 9.85. The fourth-order valence-electron chi connectivity index (χ4n) is 0.796. The standard InChI is InChI=1S/C7H4ClF2NO2/c8-6(13)3-1-4(7(9)10)11-5(12)2-3/h1-2,7H,(H,11,12). The molecule has 0 saturated heterocycles. The Balaban J connectivity index is 3.27. The maximum Gasteiger partial charge on any atom is 0.278 e. The quantitative estimate of drug-likeness (QED) is 0.751. The third kappa shape index (κ3) is 2.35. The molecule has 13 heavy (non-hydrogen) atoms. The van der Waals surface area contributed by atoms with E-state index in [1.165, 1.54) is 0 Å². The van der Waals surface area contributed by atoms with E-state index in [4.69, 9.17) is 11.6 Å². The van der Waals surface area contributed by atoms with E-state index in [0.29, 0.717) is 0 Å². The van der Waals surface area contributed by atoms with Gasteiger partial charge in [-0.3, -0.25) is 9.59 Å². The van der Waals surface area contributed by atoms with Crippen LogP contribution in [0.25, 0.3) is 0 Å². The number of carbonyl (C=O) groups excluding carboxylic acids is 1. The Morgan fingerprint density at radius 1 is 1.46 bits per heavy atom. The molecule has 0 unspecified atom stereocenters. The first-order chi connectivity index (χ1) is 6.00. The monoisotopic (exact) mass is 207 g/mol. The number of nitrogens with one attached hydrogen (secondary N) is 1. The summed E-state index contributed by atoms with van der Waals surface area (Å²) in [6, 6.07) is 1.71. The smallest absolute Gasteiger partial charge is 0.278 e. The second kappa shape index (κ2) is 3.66. The molecule has 0 bridgehead atoms. The number of aromatic amines is 1. The van der Waals surface area contributed by atoms with Gasteiger partial charge in [0.2, 0.25) is 5.56 Å². The second-order valence-electron chi connectivity index (χ2n) is 2.26. The molecule has 3 nitrogen and oxygen atoms in total. The van der Waals surface area contributed by atoms with Gasteiger partial charge in [0.05, 0.1) is 5.69 Å². The third-order valence-corrected chi connectivity index (χ3v) is 1.55. The maximum absolute atomic E-state index is 12.1. The predicted octanol–water partition coefficient (Wildman–Crippen LogP) is 1.69. The molecule has 0 fully saturated rings. The number of hydrogen-bond donors (Lipinski definition) is 1. The average Bonchev–Trinajstić information content (AvgIpc) is 2.03. The predicted molar refractivity (Wildman–Crippen MR) is 42.2 cm³/mol. The molecule has 0 saturated carbocycles. The van der Waals surface area contributed by atoms with E-state index in [1.54, 1.807) is 0 Å². The molecule has 0 spiro atoms. The van der Waals surface area contributed by atoms with E-state index in [1.807, 2.05) is 4.98 Å². The van der Waals surface area contributed by atoms with Crippen molar-refractivity contribution in [2.24, 2.45) is 0 Å². The van der Waals surface area contributed by atoms with Crippen LogP contribution in [0.4, 0.5) is 8.78 Å². The minimum absolute atomic E-state index is 0.235. The minimum atomic E-state index is -2.83. The summed E-state index contributed by atoms with van der Waals surface area (Å²) in [5, 5.41) is -0.937. The zero-order chi connectivity index (χ0) is 10.0. The van der Waals surface area contributed by atoms with Crippen molar-refractivity contribution in [3.8, 4) is 0 Å². The van der Waals surface area contributed by atoms with E-state index < -0.39 is 22.9 Å². The fourth-order valence-corrected chi connectivity index (χ4v) is 0.905. The molecule has 0 aliphatic rings. The van der Waals surface area contributed by atoms with Crippen LogP contribution in [0.2, 0.25) is 0 Å². The highest BCUT2D eigenvalue weighted by Crippen LogP contribution is 2.16. The van der Waals surface area contributed by atoms with Crippen molar-refractivity contribution >= 4 is 16.8 Å². The number of pyridine rings is 1. The number of halogens is 3. The Kier molecular flexibility index (Phi) is 2.77. The first-order valence-corrected chi connectivity index (χ1v) is 3.61. The van der Waals surface area contributed by atoms with E-state index >= 15 is 0 Å². The zero-order valence-corrected chi connectivity index (χ0v) is 6.94. The molecule has 6 heteroatoms. The largest absolute Gasteiger partial charge is 0.321 e. The molecule has 1 aromatic heterocycles. The van der Waals surface area contributed by atoms with Gasteiger partial charge in [0.25, 0.3) is 11.7 Å². The highest BCUT2D eigenvalue weighted by molar-refractivity contribution is 6.67. The summed E-state index contributed by atoms with van der Waals surface area (Å²) in [4.78, 5) is 23.1. The van der Waals surface area contributed by atoms with Crippen molar-refractivity contribution < 1.29 is 13.6 Å². The number of aromatic nitrogens is 1. The lowest BCUT2D eigenvalue weighted by Gasteiger charge is -1.99. The molecular formula is C7H4ClF2NO2. The lowest BCUT2D eigenvalue weighted by Crippen LogP contribution is -2.10. The Morgan fingerprint density at radius 2 is 2.08 bits per heavy atom. The van der Waals surface area contributed by atoms with Gasteiger partial charge in [-0.2, -0.15) is 0 Å². The topological polar surface area (TPSA) is 49.9 Å². The van der Waals surface area contributed by atoms with E-state index in [-0.39, 0.29) is 5.56 Å². The van der Waals surface area contributed by atoms with Crippen LogP contribution in [0, 0.1) is 0 Å². The summed E-state index contributed by atoms with van der Waals surface area (Å²) in [6.45, 7) is 0. The van der Waals surface area contributed by atoms with Gasteiger partial charge >= 0.3 is 0 Å². The number of carbonyl (C=O) groups is 1. The van der Waals surface area contributed by atoms with Gasteiger partial charge in [-0.1, -0.05) is 0 Å². The van der Waals surface area contributed by atoms with Crippen LogP contribution in [-0.4, -0.2) is 10.2 Å². The van der Waals surface area contributed by atoms with E-state index in [0.717, 1.165) is 12.1 Å². The van der Waals surface area contributed by atoms with Gasteiger partial charge in [-0.05, 0) is 17.7 Å². The van der Waals surface area contributed by atoms with Crippen molar-refractivity contribution in [2.45, 2.75) is 6.43 Å². The Morgan fingerprint density at radius 3 is 2.54 bits per heavy atom. The molecule has 0 amide bonds. The normalized spacial score (nSPS) is 10.5. The Hall–Kier alpha value is -1.23. The van der Waals surface area contributed by atoms with E-state index in [2.05, 4.69) is 0 Å². The summed E-state index contributed by atoms with van der Waals surface area (Å²) in [6.07, 6.45) is -2.83. The number of rotatable bonds is 2. The van der Waals surface area contributed by atoms with Gasteiger partial charge in [0.15, 0.2) is 0 Å². The fraction of sp³-hybridized carbons (Fsp3) is 0.143. The second-order valence-corrected chi connectivity index (χ2v) is 2.61. The van der Waals surface area contributed by atoms with Crippen LogP contribution < -0.4 is 5.56 Å². The third-order valence-electron chi connectivity index (χ3n) is 1.33. The molecular weight excluding hydrogens is 204 g/mol. The van der Waals surface area contributed by atoms with Crippen molar-refractivity contribution in [3.05, 3.63) is 33.7 Å². The first-order valence-electron chi connectivity index (χ1n) is 3.23. The summed E-state index contributed by atoms with van der Waals surface area (Å²) in [5.74, 6) is 0. The van der Waals surface area contributed by atoms with Crippen molar-refractivity contribution in [3.63, 3.8) is 0 Å². The maximum atomic E-state index is 12.1. The molecule has 1 N–H and O–H groups in total. The van der Waals surface area contributed by atoms with Crippen LogP contribution >= 0.6 is 11.6 Å². The number of H-pyrrole nitrogens is 1. The minimum Gasteiger partial charge on any atom is -0.321 e. The summed E-state index contributed by atoms with van der Waals surface area (Å²) < 4.78 is 24.1. The van der Waals surface area contributed by atoms with Crippen molar-refractivity contribution in [1.82, 2.24) is 4.98 Å². The molecule has 0 radical (unpaired) electrons. The molecule has 0 aliphatic heterocycles. The highest BCUT2D eigenvalue weighted by atomic mass is 35.5. The van der Waals surface area contributed by atoms with Crippen LogP contribution in [0.15, 0.2) is 16.9 Å². The van der Waals surface area contributed by atoms with Gasteiger partial charge < -0.3 is 4.98 Å². The van der Waals surface area contributed by atoms with Crippen LogP contribution in [0.1, 0.15) is 22.5 Å². The van der Waals surface area contributed by atoms with Crippen LogP contribution in [0.5, 0.6) is 0 Å². The molecule has 1 rings (SSSR count). The average molecular weight is 208 g/mol. The highest BCUT2D eigenvalue weighted by Gasteiger charge is 2.11. The molecule has 1 heterocycles. The summed E-state index contributed by atoms with van der Waals surface area (Å²) in [7, 11) is 0. The molecule has 0 aromatic carbocycles. The van der Waals surface area contributed by atoms with Gasteiger partial charge in [0.1, 0.15) is 0 Å². The SMILES string of the molecule is O=C(Cl)c1cc(C(F)F)[nH]c(=O)c1. The van der Waals surface area contributed by atoms with Crippen LogP contribution in [-0.2, 0) is 0 Å².